The normalized spacial score (nSPS) is 17.2. The van der Waals surface area contributed by atoms with Crippen LogP contribution in [0.3, 0.4) is 0 Å². The summed E-state index contributed by atoms with van der Waals surface area (Å²) in [4.78, 5) is 13.9. The van der Waals surface area contributed by atoms with Crippen LogP contribution in [0.2, 0.25) is 0 Å². The summed E-state index contributed by atoms with van der Waals surface area (Å²) in [6.07, 6.45) is -1.55. The van der Waals surface area contributed by atoms with E-state index in [2.05, 4.69) is 16.7 Å². The minimum Gasteiger partial charge on any atom is -0.438 e. The molecule has 0 saturated carbocycles. The number of halogens is 4. The van der Waals surface area contributed by atoms with Crippen LogP contribution in [0.1, 0.15) is 42.1 Å². The van der Waals surface area contributed by atoms with Crippen LogP contribution in [0.15, 0.2) is 48.5 Å². The van der Waals surface area contributed by atoms with Crippen LogP contribution < -0.4 is 9.64 Å². The molecule has 190 valence electrons. The van der Waals surface area contributed by atoms with Gasteiger partial charge in [0, 0.05) is 45.2 Å². The minimum atomic E-state index is -4.35. The maximum absolute atomic E-state index is 13.8. The summed E-state index contributed by atoms with van der Waals surface area (Å²) in [6, 6.07) is 11.2. The van der Waals surface area contributed by atoms with E-state index in [1.54, 1.807) is 12.1 Å². The van der Waals surface area contributed by atoms with E-state index in [-0.39, 0.29) is 0 Å². The Kier molecular flexibility index (Phi) is 6.83. The summed E-state index contributed by atoms with van der Waals surface area (Å²) >= 11 is 0. The quantitative estimate of drug-likeness (QED) is 0.389. The van der Waals surface area contributed by atoms with Crippen LogP contribution in [-0.4, -0.2) is 34.5 Å². The lowest BCUT2D eigenvalue weighted by Crippen LogP contribution is -2.36. The molecule has 0 aliphatic carbocycles. The number of alkyl halides is 3. The average molecular weight is 501 g/mol. The zero-order valence-corrected chi connectivity index (χ0v) is 20.1. The maximum Gasteiger partial charge on any atom is 0.416 e. The van der Waals surface area contributed by atoms with Crippen molar-refractivity contribution in [1.82, 2.24) is 14.9 Å². The van der Waals surface area contributed by atoms with E-state index in [4.69, 9.17) is 14.7 Å². The Morgan fingerprint density at radius 1 is 1.00 bits per heavy atom. The van der Waals surface area contributed by atoms with E-state index >= 15 is 0 Å². The number of piperidine rings is 1. The van der Waals surface area contributed by atoms with Crippen LogP contribution in [0.25, 0.3) is 0 Å². The van der Waals surface area contributed by atoms with Crippen molar-refractivity contribution >= 4 is 5.95 Å². The highest BCUT2D eigenvalue weighted by molar-refractivity contribution is 5.44. The first-order valence-corrected chi connectivity index (χ1v) is 12.2. The lowest BCUT2D eigenvalue weighted by atomic mass is 9.99. The van der Waals surface area contributed by atoms with Crippen molar-refractivity contribution in [1.29, 1.82) is 0 Å². The van der Waals surface area contributed by atoms with Gasteiger partial charge in [0.05, 0.1) is 16.8 Å². The minimum absolute atomic E-state index is 0.356. The standard InChI is InChI=1S/C27H28F4N4O/c1-18-9-13-35(14-10-18)26-32-24-11-12-34(16-19-5-7-20(8-6-19)27(29,30)31)17-23(24)25(33-26)36-22-4-2-3-21(28)15-22/h2-8,15,18H,9-14,16-17H2,1H3. The van der Waals surface area contributed by atoms with E-state index in [1.807, 2.05) is 0 Å². The Morgan fingerprint density at radius 3 is 2.44 bits per heavy atom. The number of hydrogen-bond donors (Lipinski definition) is 0. The first-order valence-electron chi connectivity index (χ1n) is 12.2. The molecule has 1 aromatic heterocycles. The Balaban J connectivity index is 1.40. The molecule has 0 atom stereocenters. The number of rotatable bonds is 5. The molecule has 0 unspecified atom stereocenters. The van der Waals surface area contributed by atoms with Gasteiger partial charge in [-0.25, -0.2) is 9.37 Å². The fraction of sp³-hybridized carbons (Fsp3) is 0.407. The van der Waals surface area contributed by atoms with Crippen molar-refractivity contribution in [2.45, 2.75) is 45.5 Å². The highest BCUT2D eigenvalue weighted by Crippen LogP contribution is 2.34. The number of anilines is 1. The molecular formula is C27H28F4N4O. The lowest BCUT2D eigenvalue weighted by Gasteiger charge is -2.33. The Morgan fingerprint density at radius 2 is 1.75 bits per heavy atom. The summed E-state index contributed by atoms with van der Waals surface area (Å²) in [5, 5.41) is 0. The zero-order chi connectivity index (χ0) is 25.3. The third-order valence-electron chi connectivity index (χ3n) is 6.85. The monoisotopic (exact) mass is 500 g/mol. The van der Waals surface area contributed by atoms with Gasteiger partial charge >= 0.3 is 6.18 Å². The summed E-state index contributed by atoms with van der Waals surface area (Å²) in [6.45, 7) is 5.68. The van der Waals surface area contributed by atoms with Gasteiger partial charge < -0.3 is 9.64 Å². The summed E-state index contributed by atoms with van der Waals surface area (Å²) in [7, 11) is 0. The van der Waals surface area contributed by atoms with Crippen molar-refractivity contribution in [3.8, 4) is 11.6 Å². The molecule has 0 spiro atoms. The van der Waals surface area contributed by atoms with Crippen LogP contribution in [0.4, 0.5) is 23.5 Å². The molecule has 36 heavy (non-hydrogen) atoms. The molecule has 2 aliphatic heterocycles. The Labute approximate surface area is 207 Å². The molecule has 0 bridgehead atoms. The van der Waals surface area contributed by atoms with Crippen molar-refractivity contribution in [3.05, 3.63) is 76.7 Å². The smallest absolute Gasteiger partial charge is 0.416 e. The Hall–Kier alpha value is -3.20. The van der Waals surface area contributed by atoms with Crippen molar-refractivity contribution in [2.75, 3.05) is 24.5 Å². The summed E-state index contributed by atoms with van der Waals surface area (Å²) < 4.78 is 58.7. The zero-order valence-electron chi connectivity index (χ0n) is 20.1. The van der Waals surface area contributed by atoms with Gasteiger partial charge in [0.15, 0.2) is 0 Å². The number of hydrogen-bond acceptors (Lipinski definition) is 5. The van der Waals surface area contributed by atoms with E-state index in [0.29, 0.717) is 49.6 Å². The number of ether oxygens (including phenoxy) is 1. The molecule has 3 aromatic rings. The fourth-order valence-electron chi connectivity index (χ4n) is 4.70. The number of aromatic nitrogens is 2. The van der Waals surface area contributed by atoms with Crippen LogP contribution in [0.5, 0.6) is 11.6 Å². The molecule has 9 heteroatoms. The van der Waals surface area contributed by atoms with Crippen molar-refractivity contribution < 1.29 is 22.3 Å². The Bertz CT molecular complexity index is 1210. The molecule has 5 nitrogen and oxygen atoms in total. The number of benzene rings is 2. The highest BCUT2D eigenvalue weighted by atomic mass is 19.4. The molecule has 1 fully saturated rings. The predicted molar refractivity (Wildman–Crippen MR) is 128 cm³/mol. The van der Waals surface area contributed by atoms with Gasteiger partial charge in [-0.1, -0.05) is 25.1 Å². The second-order valence-corrected chi connectivity index (χ2v) is 9.64. The molecule has 0 amide bonds. The van der Waals surface area contributed by atoms with Gasteiger partial charge in [-0.2, -0.15) is 18.2 Å². The van der Waals surface area contributed by atoms with Gasteiger partial charge in [0.1, 0.15) is 11.6 Å². The largest absolute Gasteiger partial charge is 0.438 e. The molecule has 2 aromatic carbocycles. The van der Waals surface area contributed by atoms with Gasteiger partial charge in [-0.05, 0) is 48.6 Å². The predicted octanol–water partition coefficient (Wildman–Crippen LogP) is 6.22. The molecule has 0 radical (unpaired) electrons. The third-order valence-corrected chi connectivity index (χ3v) is 6.85. The van der Waals surface area contributed by atoms with Crippen LogP contribution in [0, 0.1) is 11.7 Å². The summed E-state index contributed by atoms with van der Waals surface area (Å²) in [5.74, 6) is 1.65. The van der Waals surface area contributed by atoms with Gasteiger partial charge in [-0.15, -0.1) is 0 Å². The summed E-state index contributed by atoms with van der Waals surface area (Å²) in [5.41, 5.74) is 1.85. The second-order valence-electron chi connectivity index (χ2n) is 9.64. The SMILES string of the molecule is CC1CCN(c2nc3c(c(Oc4cccc(F)c4)n2)CN(Cc2ccc(C(F)(F)F)cc2)CC3)CC1. The molecule has 2 aliphatic rings. The van der Waals surface area contributed by atoms with Crippen LogP contribution in [-0.2, 0) is 25.7 Å². The first kappa shape index (κ1) is 24.5. The van der Waals surface area contributed by atoms with Gasteiger partial charge in [0.25, 0.3) is 0 Å². The average Bonchev–Trinajstić information content (AvgIpc) is 2.84. The maximum atomic E-state index is 13.8. The molecule has 5 rings (SSSR count). The van der Waals surface area contributed by atoms with Crippen molar-refractivity contribution in [2.24, 2.45) is 5.92 Å². The molecular weight excluding hydrogens is 472 g/mol. The third kappa shape index (κ3) is 5.61. The topological polar surface area (TPSA) is 41.5 Å². The first-order chi connectivity index (χ1) is 17.2. The van der Waals surface area contributed by atoms with E-state index in [0.717, 1.165) is 54.9 Å². The van der Waals surface area contributed by atoms with E-state index < -0.39 is 17.6 Å². The molecule has 1 saturated heterocycles. The fourth-order valence-corrected chi connectivity index (χ4v) is 4.70. The van der Waals surface area contributed by atoms with E-state index in [1.165, 1.54) is 24.3 Å². The van der Waals surface area contributed by atoms with Gasteiger partial charge in [-0.3, -0.25) is 4.90 Å². The number of nitrogens with zero attached hydrogens (tertiary/aromatic N) is 4. The van der Waals surface area contributed by atoms with E-state index in [9.17, 15) is 17.6 Å². The van der Waals surface area contributed by atoms with Gasteiger partial charge in [0.2, 0.25) is 11.8 Å². The highest BCUT2D eigenvalue weighted by Gasteiger charge is 2.30. The number of fused-ring (bicyclic) bond motifs is 1. The molecule has 3 heterocycles. The van der Waals surface area contributed by atoms with Crippen molar-refractivity contribution in [3.63, 3.8) is 0 Å². The molecule has 0 N–H and O–H groups in total. The van der Waals surface area contributed by atoms with Crippen LogP contribution >= 0.6 is 0 Å². The lowest BCUT2D eigenvalue weighted by molar-refractivity contribution is -0.137. The second kappa shape index (κ2) is 10.0.